The summed E-state index contributed by atoms with van der Waals surface area (Å²) in [6, 6.07) is 8.86. The van der Waals surface area contributed by atoms with Crippen molar-refractivity contribution < 1.29 is 0 Å². The smallest absolute Gasteiger partial charge is 0.0367 e. The third-order valence-electron chi connectivity index (χ3n) is 3.51. The van der Waals surface area contributed by atoms with Gasteiger partial charge in [-0.2, -0.15) is 0 Å². The number of nitrogens with one attached hydrogen (secondary N) is 1. The lowest BCUT2D eigenvalue weighted by molar-refractivity contribution is 0.549. The molecule has 0 amide bonds. The van der Waals surface area contributed by atoms with Gasteiger partial charge in [-0.25, -0.2) is 0 Å². The molecule has 1 aromatic rings. The third kappa shape index (κ3) is 2.91. The van der Waals surface area contributed by atoms with Crippen LogP contribution in [0.1, 0.15) is 6.42 Å². The van der Waals surface area contributed by atoms with Gasteiger partial charge in [-0.15, -0.1) is 0 Å². The Bertz CT molecular complexity index is 345. The highest BCUT2D eigenvalue weighted by molar-refractivity contribution is 5.56. The maximum atomic E-state index is 3.27. The van der Waals surface area contributed by atoms with Crippen LogP contribution in [0.5, 0.6) is 0 Å². The van der Waals surface area contributed by atoms with Crippen molar-refractivity contribution >= 4 is 11.4 Å². The van der Waals surface area contributed by atoms with Crippen LogP contribution in [0.4, 0.5) is 11.4 Å². The van der Waals surface area contributed by atoms with E-state index in [1.165, 1.54) is 30.9 Å². The summed E-state index contributed by atoms with van der Waals surface area (Å²) in [5.74, 6) is 0.800. The van der Waals surface area contributed by atoms with Gasteiger partial charge in [0, 0.05) is 38.6 Å². The molecular formula is C14H23N3. The normalized spacial score (nSPS) is 19.7. The first-order valence-corrected chi connectivity index (χ1v) is 6.37. The van der Waals surface area contributed by atoms with Gasteiger partial charge in [0.25, 0.3) is 0 Å². The van der Waals surface area contributed by atoms with E-state index in [9.17, 15) is 0 Å². The Morgan fingerprint density at radius 1 is 1.29 bits per heavy atom. The molecule has 0 bridgehead atoms. The van der Waals surface area contributed by atoms with Crippen molar-refractivity contribution in [2.75, 3.05) is 50.6 Å². The second-order valence-corrected chi connectivity index (χ2v) is 5.07. The van der Waals surface area contributed by atoms with Crippen molar-refractivity contribution in [2.24, 2.45) is 5.92 Å². The van der Waals surface area contributed by atoms with E-state index in [4.69, 9.17) is 0 Å². The molecule has 0 aromatic heterocycles. The molecule has 1 N–H and O–H groups in total. The number of hydrogen-bond donors (Lipinski definition) is 1. The molecule has 1 aliphatic rings. The van der Waals surface area contributed by atoms with Crippen LogP contribution in [0.2, 0.25) is 0 Å². The van der Waals surface area contributed by atoms with Crippen molar-refractivity contribution in [1.82, 2.24) is 5.32 Å². The molecule has 3 heteroatoms. The minimum atomic E-state index is 0.800. The van der Waals surface area contributed by atoms with E-state index < -0.39 is 0 Å². The highest BCUT2D eigenvalue weighted by atomic mass is 15.2. The van der Waals surface area contributed by atoms with Crippen LogP contribution in [0.25, 0.3) is 0 Å². The maximum absolute atomic E-state index is 3.27. The van der Waals surface area contributed by atoms with Crippen LogP contribution >= 0.6 is 0 Å². The van der Waals surface area contributed by atoms with E-state index in [1.54, 1.807) is 0 Å². The fourth-order valence-corrected chi connectivity index (χ4v) is 2.48. The molecule has 1 unspecified atom stereocenters. The molecule has 1 atom stereocenters. The monoisotopic (exact) mass is 233 g/mol. The Kier molecular flexibility index (Phi) is 3.89. The Balaban J connectivity index is 1.99. The van der Waals surface area contributed by atoms with Gasteiger partial charge in [0.2, 0.25) is 0 Å². The number of nitrogens with zero attached hydrogens (tertiary/aromatic N) is 2. The summed E-state index contributed by atoms with van der Waals surface area (Å²) < 4.78 is 0. The van der Waals surface area contributed by atoms with Crippen molar-refractivity contribution in [3.8, 4) is 0 Å². The van der Waals surface area contributed by atoms with Gasteiger partial charge in [0.15, 0.2) is 0 Å². The first kappa shape index (κ1) is 12.2. The van der Waals surface area contributed by atoms with E-state index >= 15 is 0 Å². The molecular weight excluding hydrogens is 210 g/mol. The van der Waals surface area contributed by atoms with E-state index in [-0.39, 0.29) is 0 Å². The average Bonchev–Trinajstić information content (AvgIpc) is 2.78. The van der Waals surface area contributed by atoms with Gasteiger partial charge >= 0.3 is 0 Å². The zero-order valence-electron chi connectivity index (χ0n) is 11.1. The summed E-state index contributed by atoms with van der Waals surface area (Å²) in [5.41, 5.74) is 2.62. The summed E-state index contributed by atoms with van der Waals surface area (Å²) in [7, 11) is 6.19. The molecule has 1 aliphatic heterocycles. The van der Waals surface area contributed by atoms with Crippen molar-refractivity contribution in [1.29, 1.82) is 0 Å². The van der Waals surface area contributed by atoms with Crippen molar-refractivity contribution in [2.45, 2.75) is 6.42 Å². The zero-order valence-corrected chi connectivity index (χ0v) is 11.1. The molecule has 0 saturated carbocycles. The molecule has 1 aromatic carbocycles. The fraction of sp³-hybridized carbons (Fsp3) is 0.571. The Morgan fingerprint density at radius 2 is 2.00 bits per heavy atom. The largest absolute Gasteiger partial charge is 0.378 e. The minimum absolute atomic E-state index is 0.800. The van der Waals surface area contributed by atoms with E-state index in [2.05, 4.69) is 53.5 Å². The number of benzene rings is 1. The molecule has 2 rings (SSSR count). The van der Waals surface area contributed by atoms with Crippen LogP contribution in [-0.2, 0) is 0 Å². The van der Waals surface area contributed by atoms with Crippen LogP contribution in [0.15, 0.2) is 24.3 Å². The molecule has 0 aliphatic carbocycles. The maximum Gasteiger partial charge on any atom is 0.0367 e. The van der Waals surface area contributed by atoms with Gasteiger partial charge < -0.3 is 15.1 Å². The van der Waals surface area contributed by atoms with E-state index in [0.717, 1.165) is 12.5 Å². The predicted molar refractivity (Wildman–Crippen MR) is 75.0 cm³/mol. The first-order chi connectivity index (χ1) is 8.20. The topological polar surface area (TPSA) is 18.5 Å². The molecule has 1 fully saturated rings. The average molecular weight is 233 g/mol. The minimum Gasteiger partial charge on any atom is -0.378 e. The lowest BCUT2D eigenvalue weighted by Crippen LogP contribution is -2.24. The highest BCUT2D eigenvalue weighted by Crippen LogP contribution is 2.25. The van der Waals surface area contributed by atoms with Crippen molar-refractivity contribution in [3.63, 3.8) is 0 Å². The summed E-state index contributed by atoms with van der Waals surface area (Å²) in [4.78, 5) is 4.62. The molecule has 0 radical (unpaired) electrons. The first-order valence-electron chi connectivity index (χ1n) is 6.37. The third-order valence-corrected chi connectivity index (χ3v) is 3.51. The van der Waals surface area contributed by atoms with Crippen LogP contribution in [0.3, 0.4) is 0 Å². The summed E-state index contributed by atoms with van der Waals surface area (Å²) >= 11 is 0. The van der Waals surface area contributed by atoms with Crippen LogP contribution in [-0.4, -0.2) is 40.8 Å². The Labute approximate surface area is 104 Å². The standard InChI is InChI=1S/C14H23N3/c1-15-10-12-8-9-17(11-12)14-6-4-13(5-7-14)16(2)3/h4-7,12,15H,8-11H2,1-3H3. The summed E-state index contributed by atoms with van der Waals surface area (Å²) in [6.45, 7) is 3.50. The molecule has 1 heterocycles. The number of hydrogen-bond acceptors (Lipinski definition) is 3. The van der Waals surface area contributed by atoms with Crippen LogP contribution < -0.4 is 15.1 Å². The molecule has 94 valence electrons. The number of anilines is 2. The summed E-state index contributed by atoms with van der Waals surface area (Å²) in [5, 5.41) is 3.27. The quantitative estimate of drug-likeness (QED) is 0.855. The van der Waals surface area contributed by atoms with Gasteiger partial charge in [0.05, 0.1) is 0 Å². The SMILES string of the molecule is CNCC1CCN(c2ccc(N(C)C)cc2)C1. The lowest BCUT2D eigenvalue weighted by Gasteiger charge is -2.20. The second-order valence-electron chi connectivity index (χ2n) is 5.07. The van der Waals surface area contributed by atoms with Crippen molar-refractivity contribution in [3.05, 3.63) is 24.3 Å². The van der Waals surface area contributed by atoms with E-state index in [0.29, 0.717) is 0 Å². The van der Waals surface area contributed by atoms with E-state index in [1.807, 2.05) is 7.05 Å². The predicted octanol–water partition coefficient (Wildman–Crippen LogP) is 1.80. The molecule has 3 nitrogen and oxygen atoms in total. The molecule has 0 spiro atoms. The Morgan fingerprint density at radius 3 is 2.59 bits per heavy atom. The second kappa shape index (κ2) is 5.41. The zero-order chi connectivity index (χ0) is 12.3. The van der Waals surface area contributed by atoms with Gasteiger partial charge in [-0.05, 0) is 50.2 Å². The molecule has 1 saturated heterocycles. The van der Waals surface area contributed by atoms with Gasteiger partial charge in [-0.3, -0.25) is 0 Å². The summed E-state index contributed by atoms with van der Waals surface area (Å²) in [6.07, 6.45) is 1.30. The van der Waals surface area contributed by atoms with Gasteiger partial charge in [-0.1, -0.05) is 0 Å². The number of rotatable bonds is 4. The lowest BCUT2D eigenvalue weighted by atomic mass is 10.1. The fourth-order valence-electron chi connectivity index (χ4n) is 2.48. The van der Waals surface area contributed by atoms with Crippen LogP contribution in [0, 0.1) is 5.92 Å². The highest BCUT2D eigenvalue weighted by Gasteiger charge is 2.21. The van der Waals surface area contributed by atoms with Gasteiger partial charge in [0.1, 0.15) is 0 Å². The Hall–Kier alpha value is -1.22. The molecule has 17 heavy (non-hydrogen) atoms.